The van der Waals surface area contributed by atoms with Crippen molar-refractivity contribution in [3.63, 3.8) is 0 Å². The molecule has 0 aliphatic carbocycles. The Morgan fingerprint density at radius 3 is 2.49 bits per heavy atom. The molecule has 0 saturated carbocycles. The van der Waals surface area contributed by atoms with Crippen LogP contribution in [-0.4, -0.2) is 45.1 Å². The Bertz CT molecular complexity index is 1200. The number of aliphatic hydroxyl groups excluding tert-OH is 1. The molecule has 1 saturated heterocycles. The molecule has 0 atom stereocenters. The summed E-state index contributed by atoms with van der Waals surface area (Å²) < 4.78 is 41.4. The monoisotopic (exact) mass is 488 g/mol. The van der Waals surface area contributed by atoms with E-state index in [1.807, 2.05) is 31.7 Å². The quantitative estimate of drug-likeness (QED) is 0.503. The van der Waals surface area contributed by atoms with E-state index in [0.717, 1.165) is 11.6 Å². The minimum atomic E-state index is -4.62. The smallest absolute Gasteiger partial charge is 0.389 e. The third-order valence-electron chi connectivity index (χ3n) is 5.65. The number of pyridine rings is 1. The van der Waals surface area contributed by atoms with E-state index in [1.165, 1.54) is 10.9 Å². The zero-order valence-electron chi connectivity index (χ0n) is 19.6. The number of carbonyl (C=O) groups excluding carboxylic acids is 1. The predicted octanol–water partition coefficient (Wildman–Crippen LogP) is 4.09. The number of hydrogen-bond acceptors (Lipinski definition) is 5. The fourth-order valence-electron chi connectivity index (χ4n) is 3.65. The van der Waals surface area contributed by atoms with Gasteiger partial charge in [-0.3, -0.25) is 0 Å². The van der Waals surface area contributed by atoms with Gasteiger partial charge in [0.25, 0.3) is 0 Å². The van der Waals surface area contributed by atoms with E-state index in [9.17, 15) is 23.1 Å². The minimum Gasteiger partial charge on any atom is -0.389 e. The number of nitrogens with one attached hydrogen (secondary N) is 2. The highest BCUT2D eigenvalue weighted by molar-refractivity contribution is 5.89. The number of amides is 2. The van der Waals surface area contributed by atoms with Crippen LogP contribution < -0.4 is 15.5 Å². The maximum atomic E-state index is 13.4. The Balaban J connectivity index is 1.47. The van der Waals surface area contributed by atoms with Crippen molar-refractivity contribution in [1.82, 2.24) is 20.1 Å². The second kappa shape index (κ2) is 9.21. The van der Waals surface area contributed by atoms with Gasteiger partial charge in [-0.2, -0.15) is 18.3 Å². The number of alkyl halides is 3. The molecule has 2 amide bonds. The SMILES string of the molecule is CC(C)(C)c1cccc(-n2nc(C(F)(F)F)cc2CNC(=O)Nc2ccc(N3CC(O)C3)nc2)c1. The molecular formula is C24H27F3N6O2. The van der Waals surface area contributed by atoms with Gasteiger partial charge in [-0.1, -0.05) is 32.9 Å². The summed E-state index contributed by atoms with van der Waals surface area (Å²) in [6, 6.07) is 10.9. The molecule has 8 nitrogen and oxygen atoms in total. The molecule has 1 aromatic carbocycles. The lowest BCUT2D eigenvalue weighted by Gasteiger charge is -2.36. The maximum absolute atomic E-state index is 13.4. The first kappa shape index (κ1) is 24.5. The molecule has 1 fully saturated rings. The minimum absolute atomic E-state index is 0.175. The number of aromatic nitrogens is 3. The average Bonchev–Trinajstić information content (AvgIpc) is 3.21. The number of rotatable bonds is 5. The van der Waals surface area contributed by atoms with Crippen LogP contribution in [0.25, 0.3) is 5.69 Å². The summed E-state index contributed by atoms with van der Waals surface area (Å²) in [4.78, 5) is 18.5. The fraction of sp³-hybridized carbons (Fsp3) is 0.375. The first-order valence-corrected chi connectivity index (χ1v) is 11.1. The summed E-state index contributed by atoms with van der Waals surface area (Å²) in [5, 5.41) is 18.4. The van der Waals surface area contributed by atoms with Gasteiger partial charge in [0.1, 0.15) is 5.82 Å². The Morgan fingerprint density at radius 2 is 1.89 bits per heavy atom. The number of halogens is 3. The van der Waals surface area contributed by atoms with Crippen LogP contribution in [0.2, 0.25) is 0 Å². The first-order valence-electron chi connectivity index (χ1n) is 11.1. The Hall–Kier alpha value is -3.60. The van der Waals surface area contributed by atoms with Crippen LogP contribution in [0.3, 0.4) is 0 Å². The Morgan fingerprint density at radius 1 is 1.14 bits per heavy atom. The van der Waals surface area contributed by atoms with Gasteiger partial charge in [0.05, 0.1) is 35.9 Å². The number of aliphatic hydroxyl groups is 1. The van der Waals surface area contributed by atoms with Gasteiger partial charge in [0.15, 0.2) is 5.69 Å². The number of urea groups is 1. The van der Waals surface area contributed by atoms with Crippen LogP contribution in [0.15, 0.2) is 48.7 Å². The summed E-state index contributed by atoms with van der Waals surface area (Å²) in [5.74, 6) is 0.683. The topological polar surface area (TPSA) is 95.3 Å². The Kier molecular flexibility index (Phi) is 6.46. The van der Waals surface area contributed by atoms with Gasteiger partial charge >= 0.3 is 12.2 Å². The lowest BCUT2D eigenvalue weighted by atomic mass is 9.87. The zero-order chi connectivity index (χ0) is 25.4. The Labute approximate surface area is 200 Å². The number of nitrogens with zero attached hydrogens (tertiary/aromatic N) is 4. The molecule has 0 unspecified atom stereocenters. The number of β-amino-alcohol motifs (C(OH)–C–C–N with tert-alkyl or cyclic N) is 1. The van der Waals surface area contributed by atoms with E-state index >= 15 is 0 Å². The van der Waals surface area contributed by atoms with Crippen molar-refractivity contribution in [3.05, 3.63) is 65.6 Å². The standard InChI is InChI=1S/C24H27F3N6O2/c1-23(2,3)15-5-4-6-17(9-15)33-18(10-20(31-33)24(25,26)27)12-29-22(35)30-16-7-8-21(28-11-16)32-13-19(34)14-32/h4-11,19,34H,12-14H2,1-3H3,(H2,29,30,35). The largest absolute Gasteiger partial charge is 0.435 e. The molecule has 11 heteroatoms. The first-order chi connectivity index (χ1) is 16.4. The molecule has 3 aromatic rings. The summed E-state index contributed by atoms with van der Waals surface area (Å²) in [7, 11) is 0. The van der Waals surface area contributed by atoms with E-state index in [-0.39, 0.29) is 23.8 Å². The van der Waals surface area contributed by atoms with E-state index in [1.54, 1.807) is 30.3 Å². The molecular weight excluding hydrogens is 461 g/mol. The van der Waals surface area contributed by atoms with E-state index in [4.69, 9.17) is 0 Å². The second-order valence-electron chi connectivity index (χ2n) is 9.50. The molecule has 0 radical (unpaired) electrons. The van der Waals surface area contributed by atoms with Crippen molar-refractivity contribution >= 4 is 17.5 Å². The molecule has 0 bridgehead atoms. The number of benzene rings is 1. The molecule has 0 spiro atoms. The molecule has 3 N–H and O–H groups in total. The highest BCUT2D eigenvalue weighted by Gasteiger charge is 2.35. The van der Waals surface area contributed by atoms with Crippen LogP contribution in [0.5, 0.6) is 0 Å². The van der Waals surface area contributed by atoms with Gasteiger partial charge in [0, 0.05) is 13.1 Å². The number of anilines is 2. The van der Waals surface area contributed by atoms with Crippen LogP contribution >= 0.6 is 0 Å². The fourth-order valence-corrected chi connectivity index (χ4v) is 3.65. The number of hydrogen-bond donors (Lipinski definition) is 3. The molecule has 3 heterocycles. The van der Waals surface area contributed by atoms with Crippen LogP contribution in [0.4, 0.5) is 29.5 Å². The molecule has 1 aliphatic heterocycles. The predicted molar refractivity (Wildman–Crippen MR) is 126 cm³/mol. The molecule has 186 valence electrons. The van der Waals surface area contributed by atoms with Crippen molar-refractivity contribution in [2.45, 2.75) is 45.0 Å². The van der Waals surface area contributed by atoms with Crippen molar-refractivity contribution in [2.24, 2.45) is 0 Å². The third kappa shape index (κ3) is 5.73. The lowest BCUT2D eigenvalue weighted by molar-refractivity contribution is -0.141. The lowest BCUT2D eigenvalue weighted by Crippen LogP contribution is -2.51. The van der Waals surface area contributed by atoms with Gasteiger partial charge < -0.3 is 20.6 Å². The van der Waals surface area contributed by atoms with Crippen molar-refractivity contribution in [2.75, 3.05) is 23.3 Å². The van der Waals surface area contributed by atoms with Crippen molar-refractivity contribution < 1.29 is 23.1 Å². The average molecular weight is 489 g/mol. The van der Waals surface area contributed by atoms with Gasteiger partial charge in [0.2, 0.25) is 0 Å². The van der Waals surface area contributed by atoms with Crippen LogP contribution in [0.1, 0.15) is 37.7 Å². The van der Waals surface area contributed by atoms with Crippen molar-refractivity contribution in [1.29, 1.82) is 0 Å². The molecule has 4 rings (SSSR count). The van der Waals surface area contributed by atoms with E-state index < -0.39 is 17.9 Å². The summed E-state index contributed by atoms with van der Waals surface area (Å²) in [6.07, 6.45) is -3.50. The summed E-state index contributed by atoms with van der Waals surface area (Å²) in [6.45, 7) is 6.87. The highest BCUT2D eigenvalue weighted by atomic mass is 19.4. The maximum Gasteiger partial charge on any atom is 0.435 e. The highest BCUT2D eigenvalue weighted by Crippen LogP contribution is 2.30. The van der Waals surface area contributed by atoms with Gasteiger partial charge in [-0.05, 0) is 41.3 Å². The van der Waals surface area contributed by atoms with Crippen LogP contribution in [-0.2, 0) is 18.1 Å². The van der Waals surface area contributed by atoms with Crippen LogP contribution in [0, 0.1) is 0 Å². The zero-order valence-corrected chi connectivity index (χ0v) is 19.6. The molecule has 35 heavy (non-hydrogen) atoms. The normalized spacial score (nSPS) is 14.5. The second-order valence-corrected chi connectivity index (χ2v) is 9.50. The molecule has 2 aromatic heterocycles. The summed E-state index contributed by atoms with van der Waals surface area (Å²) in [5.41, 5.74) is 0.790. The van der Waals surface area contributed by atoms with E-state index in [2.05, 4.69) is 20.7 Å². The van der Waals surface area contributed by atoms with Gasteiger partial charge in [-0.25, -0.2) is 14.5 Å². The molecule has 1 aliphatic rings. The summed E-state index contributed by atoms with van der Waals surface area (Å²) >= 11 is 0. The van der Waals surface area contributed by atoms with E-state index in [0.29, 0.717) is 30.3 Å². The van der Waals surface area contributed by atoms with Gasteiger partial charge in [-0.15, -0.1) is 0 Å². The van der Waals surface area contributed by atoms with Crippen molar-refractivity contribution in [3.8, 4) is 5.69 Å². The number of carbonyl (C=O) groups is 1. The third-order valence-corrected chi connectivity index (χ3v) is 5.65.